The number of ether oxygens (including phenoxy) is 1. The first-order valence-electron chi connectivity index (χ1n) is 9.14. The van der Waals surface area contributed by atoms with Gasteiger partial charge in [-0.25, -0.2) is 13.4 Å². The first-order valence-corrected chi connectivity index (χ1v) is 11.0. The van der Waals surface area contributed by atoms with E-state index in [-0.39, 0.29) is 16.4 Å². The highest BCUT2D eigenvalue weighted by atomic mass is 35.5. The van der Waals surface area contributed by atoms with Crippen molar-refractivity contribution in [2.24, 2.45) is 0 Å². The van der Waals surface area contributed by atoms with Crippen molar-refractivity contribution in [1.29, 1.82) is 0 Å². The summed E-state index contributed by atoms with van der Waals surface area (Å²) >= 11 is 5.95. The number of halogens is 1. The number of aromatic nitrogens is 1. The Balaban J connectivity index is 1.51. The van der Waals surface area contributed by atoms with Gasteiger partial charge in [0.1, 0.15) is 5.52 Å². The number of oxazole rings is 1. The highest BCUT2D eigenvalue weighted by Gasteiger charge is 2.26. The standard InChI is InChI=1S/C20H18ClN3O5S/c21-15-1-6-19-18(11-15)23-20(29-19)14(13-25)12-22-16-2-4-17(5-3-16)30(26,27)24-7-9-28-10-8-24/h1-6,11-13,22H,7-10H2/b14-12+. The maximum absolute atomic E-state index is 12.7. The third-order valence-corrected chi connectivity index (χ3v) is 6.73. The number of carbonyl (C=O) groups excluding carboxylic acids is 1. The molecule has 3 aromatic rings. The van der Waals surface area contributed by atoms with Crippen molar-refractivity contribution >= 4 is 50.3 Å². The van der Waals surface area contributed by atoms with Crippen LogP contribution in [-0.4, -0.2) is 50.3 Å². The number of nitrogens with zero attached hydrogens (tertiary/aromatic N) is 2. The summed E-state index contributed by atoms with van der Waals surface area (Å²) in [5.41, 5.74) is 1.87. The molecule has 1 N–H and O–H groups in total. The summed E-state index contributed by atoms with van der Waals surface area (Å²) in [6.07, 6.45) is 2.07. The van der Waals surface area contributed by atoms with Gasteiger partial charge in [0.25, 0.3) is 0 Å². The Bertz CT molecular complexity index is 1200. The van der Waals surface area contributed by atoms with Crippen LogP contribution in [0.15, 0.2) is 58.0 Å². The van der Waals surface area contributed by atoms with Crippen molar-refractivity contribution in [1.82, 2.24) is 9.29 Å². The monoisotopic (exact) mass is 447 g/mol. The predicted octanol–water partition coefficient (Wildman–Crippen LogP) is 3.15. The topological polar surface area (TPSA) is 102 Å². The molecule has 1 aliphatic rings. The number of fused-ring (bicyclic) bond motifs is 1. The lowest BCUT2D eigenvalue weighted by atomic mass is 10.3. The van der Waals surface area contributed by atoms with Crippen molar-refractivity contribution in [2.75, 3.05) is 31.6 Å². The number of hydrogen-bond acceptors (Lipinski definition) is 7. The molecule has 0 bridgehead atoms. The quantitative estimate of drug-likeness (QED) is 0.457. The van der Waals surface area contributed by atoms with Crippen LogP contribution >= 0.6 is 11.6 Å². The fraction of sp³-hybridized carbons (Fsp3) is 0.200. The van der Waals surface area contributed by atoms with Gasteiger partial charge in [-0.2, -0.15) is 4.31 Å². The lowest BCUT2D eigenvalue weighted by Gasteiger charge is -2.26. The molecule has 0 amide bonds. The Morgan fingerprint density at radius 3 is 2.57 bits per heavy atom. The van der Waals surface area contributed by atoms with Crippen LogP contribution in [0.2, 0.25) is 5.02 Å². The van der Waals surface area contributed by atoms with Gasteiger partial charge in [-0.1, -0.05) is 11.6 Å². The van der Waals surface area contributed by atoms with E-state index in [1.54, 1.807) is 30.3 Å². The van der Waals surface area contributed by atoms with Crippen LogP contribution in [0.3, 0.4) is 0 Å². The minimum absolute atomic E-state index is 0.154. The molecule has 0 radical (unpaired) electrons. The van der Waals surface area contributed by atoms with E-state index in [0.717, 1.165) is 0 Å². The largest absolute Gasteiger partial charge is 0.436 e. The molecule has 156 valence electrons. The van der Waals surface area contributed by atoms with E-state index in [2.05, 4.69) is 10.3 Å². The average molecular weight is 448 g/mol. The second-order valence-corrected chi connectivity index (χ2v) is 8.91. The van der Waals surface area contributed by atoms with Crippen LogP contribution in [0.5, 0.6) is 0 Å². The van der Waals surface area contributed by atoms with Crippen LogP contribution in [0.25, 0.3) is 16.7 Å². The molecular weight excluding hydrogens is 430 g/mol. The van der Waals surface area contributed by atoms with E-state index in [0.29, 0.717) is 54.4 Å². The molecule has 10 heteroatoms. The first kappa shape index (κ1) is 20.5. The Morgan fingerprint density at radius 2 is 1.87 bits per heavy atom. The first-order chi connectivity index (χ1) is 14.5. The molecule has 4 rings (SSSR count). The maximum atomic E-state index is 12.7. The number of rotatable bonds is 6. The zero-order chi connectivity index (χ0) is 21.1. The Hall–Kier alpha value is -2.72. The van der Waals surface area contributed by atoms with Gasteiger partial charge in [-0.3, -0.25) is 4.79 Å². The van der Waals surface area contributed by atoms with E-state index in [1.807, 2.05) is 0 Å². The Kier molecular flexibility index (Phi) is 5.87. The number of hydrogen-bond donors (Lipinski definition) is 1. The Labute approximate surface area is 178 Å². The second kappa shape index (κ2) is 8.57. The van der Waals surface area contributed by atoms with Crippen LogP contribution in [0.1, 0.15) is 5.89 Å². The van der Waals surface area contributed by atoms with Crippen molar-refractivity contribution in [3.8, 4) is 0 Å². The van der Waals surface area contributed by atoms with Gasteiger partial charge in [0.2, 0.25) is 15.9 Å². The van der Waals surface area contributed by atoms with Gasteiger partial charge in [-0.05, 0) is 42.5 Å². The van der Waals surface area contributed by atoms with Crippen LogP contribution in [0.4, 0.5) is 5.69 Å². The molecule has 1 saturated heterocycles. The zero-order valence-electron chi connectivity index (χ0n) is 15.7. The fourth-order valence-electron chi connectivity index (χ4n) is 2.99. The number of nitrogens with one attached hydrogen (secondary N) is 1. The lowest BCUT2D eigenvalue weighted by Crippen LogP contribution is -2.40. The van der Waals surface area contributed by atoms with Gasteiger partial charge < -0.3 is 14.5 Å². The van der Waals surface area contributed by atoms with Crippen LogP contribution < -0.4 is 5.32 Å². The number of sulfonamides is 1. The van der Waals surface area contributed by atoms with Crippen molar-refractivity contribution < 1.29 is 22.4 Å². The number of morpholine rings is 1. The van der Waals surface area contributed by atoms with Crippen molar-refractivity contribution in [3.63, 3.8) is 0 Å². The summed E-state index contributed by atoms with van der Waals surface area (Å²) in [4.78, 5) is 16.0. The lowest BCUT2D eigenvalue weighted by molar-refractivity contribution is -0.103. The molecule has 2 heterocycles. The summed E-state index contributed by atoms with van der Waals surface area (Å²) in [6.45, 7) is 1.45. The molecule has 0 unspecified atom stereocenters. The molecule has 0 saturated carbocycles. The van der Waals surface area contributed by atoms with Crippen molar-refractivity contribution in [2.45, 2.75) is 4.90 Å². The van der Waals surface area contributed by atoms with Gasteiger partial charge >= 0.3 is 0 Å². The van der Waals surface area contributed by atoms with E-state index < -0.39 is 10.0 Å². The molecule has 0 spiro atoms. The summed E-state index contributed by atoms with van der Waals surface area (Å²) in [5, 5.41) is 3.48. The molecule has 1 aromatic heterocycles. The molecule has 30 heavy (non-hydrogen) atoms. The molecule has 0 atom stereocenters. The average Bonchev–Trinajstić information content (AvgIpc) is 3.18. The number of benzene rings is 2. The van der Waals surface area contributed by atoms with Crippen molar-refractivity contribution in [3.05, 3.63) is 59.6 Å². The summed E-state index contributed by atoms with van der Waals surface area (Å²) in [7, 11) is -3.56. The van der Waals surface area contributed by atoms with Gasteiger partial charge in [0.15, 0.2) is 11.9 Å². The molecule has 0 aliphatic carbocycles. The van der Waals surface area contributed by atoms with Gasteiger partial charge in [-0.15, -0.1) is 0 Å². The highest BCUT2D eigenvalue weighted by molar-refractivity contribution is 7.89. The SMILES string of the molecule is O=C/C(=C\Nc1ccc(S(=O)(=O)N2CCOCC2)cc1)c1nc2cc(Cl)ccc2o1. The summed E-state index contributed by atoms with van der Waals surface area (Å²) < 4.78 is 37.5. The fourth-order valence-corrected chi connectivity index (χ4v) is 4.56. The number of anilines is 1. The van der Waals surface area contributed by atoms with Gasteiger partial charge in [0.05, 0.1) is 23.7 Å². The highest BCUT2D eigenvalue weighted by Crippen LogP contribution is 2.24. The molecule has 1 fully saturated rings. The van der Waals surface area contributed by atoms with E-state index >= 15 is 0 Å². The minimum atomic E-state index is -3.56. The van der Waals surface area contributed by atoms with E-state index in [9.17, 15) is 13.2 Å². The van der Waals surface area contributed by atoms with Gasteiger partial charge in [0, 0.05) is 30.0 Å². The number of aldehydes is 1. The minimum Gasteiger partial charge on any atom is -0.436 e. The maximum Gasteiger partial charge on any atom is 0.243 e. The molecule has 2 aromatic carbocycles. The normalized spacial score (nSPS) is 16.0. The number of carbonyl (C=O) groups is 1. The Morgan fingerprint density at radius 1 is 1.13 bits per heavy atom. The number of allylic oxidation sites excluding steroid dienone is 1. The second-order valence-electron chi connectivity index (χ2n) is 6.53. The van der Waals surface area contributed by atoms with E-state index in [4.69, 9.17) is 20.8 Å². The van der Waals surface area contributed by atoms with Crippen LogP contribution in [0, 0.1) is 0 Å². The van der Waals surface area contributed by atoms with Crippen LogP contribution in [-0.2, 0) is 19.6 Å². The summed E-state index contributed by atoms with van der Waals surface area (Å²) in [6, 6.07) is 11.3. The van der Waals surface area contributed by atoms with E-state index in [1.165, 1.54) is 22.6 Å². The molecule has 8 nitrogen and oxygen atoms in total. The molecule has 1 aliphatic heterocycles. The zero-order valence-corrected chi connectivity index (χ0v) is 17.3. The molecular formula is C20H18ClN3O5S. The smallest absolute Gasteiger partial charge is 0.243 e. The third-order valence-electron chi connectivity index (χ3n) is 4.58. The third kappa shape index (κ3) is 4.24. The predicted molar refractivity (Wildman–Crippen MR) is 113 cm³/mol. The summed E-state index contributed by atoms with van der Waals surface area (Å²) in [5.74, 6) is 0.154.